The van der Waals surface area contributed by atoms with Crippen LogP contribution in [0.4, 0.5) is 0 Å². The van der Waals surface area contributed by atoms with Gasteiger partial charge in [-0.3, -0.25) is 4.79 Å². The third-order valence-electron chi connectivity index (χ3n) is 3.14. The Balaban J connectivity index is 0.00000312. The van der Waals surface area contributed by atoms with Crippen molar-refractivity contribution in [2.75, 3.05) is 0 Å². The Hall–Kier alpha value is -1.12. The zero-order valence-electron chi connectivity index (χ0n) is 14.0. The van der Waals surface area contributed by atoms with Crippen molar-refractivity contribution in [1.82, 2.24) is 10.3 Å². The quantitative estimate of drug-likeness (QED) is 0.558. The summed E-state index contributed by atoms with van der Waals surface area (Å²) in [4.78, 5) is 26.9. The standard InChI is InChI=1S/C16H17ClN2O4S.Na/c1-2-13(16(21)22)19-14(20)7-11-9-24-15(18-11)8-23-12-5-3-10(17)4-6-12;/h3-6,9,13H,2,7-8H2,1H3,(H,19,20)(H,21,22);/q;+1/p-1/t13-;/m0./s1. The van der Waals surface area contributed by atoms with E-state index in [9.17, 15) is 14.7 Å². The van der Waals surface area contributed by atoms with Gasteiger partial charge in [-0.15, -0.1) is 11.3 Å². The predicted octanol–water partition coefficient (Wildman–Crippen LogP) is -1.43. The van der Waals surface area contributed by atoms with Crippen LogP contribution in [-0.4, -0.2) is 22.9 Å². The Morgan fingerprint density at radius 1 is 1.36 bits per heavy atom. The first kappa shape index (κ1) is 21.9. The van der Waals surface area contributed by atoms with Crippen LogP contribution in [0.5, 0.6) is 5.75 Å². The molecular formula is C16H16ClN2NaO4S. The number of carboxylic acids is 1. The summed E-state index contributed by atoms with van der Waals surface area (Å²) in [6, 6.07) is 6.00. The molecule has 25 heavy (non-hydrogen) atoms. The molecule has 1 heterocycles. The van der Waals surface area contributed by atoms with Crippen molar-refractivity contribution >= 4 is 34.8 Å². The Morgan fingerprint density at radius 3 is 2.64 bits per heavy atom. The van der Waals surface area contributed by atoms with Gasteiger partial charge in [-0.25, -0.2) is 4.98 Å². The van der Waals surface area contributed by atoms with E-state index in [0.29, 0.717) is 16.5 Å². The van der Waals surface area contributed by atoms with Crippen molar-refractivity contribution in [3.8, 4) is 5.75 Å². The number of ether oxygens (including phenoxy) is 1. The third kappa shape index (κ3) is 7.33. The first-order valence-corrected chi connectivity index (χ1v) is 8.55. The van der Waals surface area contributed by atoms with Crippen molar-refractivity contribution in [3.63, 3.8) is 0 Å². The third-order valence-corrected chi connectivity index (χ3v) is 4.27. The van der Waals surface area contributed by atoms with Crippen molar-refractivity contribution in [2.24, 2.45) is 0 Å². The summed E-state index contributed by atoms with van der Waals surface area (Å²) in [7, 11) is 0. The van der Waals surface area contributed by atoms with Gasteiger partial charge in [0.05, 0.1) is 24.1 Å². The number of nitrogens with zero attached hydrogens (tertiary/aromatic N) is 1. The Morgan fingerprint density at radius 2 is 2.04 bits per heavy atom. The van der Waals surface area contributed by atoms with Gasteiger partial charge >= 0.3 is 29.6 Å². The Labute approximate surface area is 176 Å². The monoisotopic (exact) mass is 390 g/mol. The molecule has 0 bridgehead atoms. The molecule has 0 unspecified atom stereocenters. The molecule has 1 atom stereocenters. The minimum Gasteiger partial charge on any atom is -0.548 e. The number of nitrogens with one attached hydrogen (secondary N) is 1. The summed E-state index contributed by atoms with van der Waals surface area (Å²) in [5.41, 5.74) is 0.570. The number of hydrogen-bond donors (Lipinski definition) is 1. The van der Waals surface area contributed by atoms with Gasteiger partial charge in [-0.1, -0.05) is 18.5 Å². The van der Waals surface area contributed by atoms with Crippen LogP contribution in [0.1, 0.15) is 24.0 Å². The molecule has 0 aliphatic heterocycles. The number of benzene rings is 1. The number of amides is 1. The van der Waals surface area contributed by atoms with Gasteiger partial charge in [0, 0.05) is 10.4 Å². The van der Waals surface area contributed by atoms with Crippen molar-refractivity contribution in [1.29, 1.82) is 0 Å². The molecule has 0 aliphatic carbocycles. The Bertz CT molecular complexity index is 708. The van der Waals surface area contributed by atoms with Gasteiger partial charge in [-0.05, 0) is 30.7 Å². The van der Waals surface area contributed by atoms with E-state index in [2.05, 4.69) is 10.3 Å². The molecule has 1 N–H and O–H groups in total. The minimum atomic E-state index is -1.29. The van der Waals surface area contributed by atoms with Crippen LogP contribution in [0.2, 0.25) is 5.02 Å². The second-order valence-electron chi connectivity index (χ2n) is 5.00. The Kier molecular flexibility index (Phi) is 9.45. The molecule has 0 saturated heterocycles. The largest absolute Gasteiger partial charge is 1.00 e. The molecule has 0 fully saturated rings. The van der Waals surface area contributed by atoms with E-state index in [0.717, 1.165) is 5.01 Å². The molecule has 9 heteroatoms. The van der Waals surface area contributed by atoms with Gasteiger partial charge in [0.1, 0.15) is 17.4 Å². The minimum absolute atomic E-state index is 0. The van der Waals surface area contributed by atoms with E-state index in [1.54, 1.807) is 36.6 Å². The molecule has 0 aliphatic rings. The van der Waals surface area contributed by atoms with E-state index < -0.39 is 17.9 Å². The molecule has 1 aromatic heterocycles. The number of aromatic nitrogens is 1. The SMILES string of the molecule is CC[C@H](NC(=O)Cc1csc(COc2ccc(Cl)cc2)n1)C(=O)[O-].[Na+]. The predicted molar refractivity (Wildman–Crippen MR) is 88.8 cm³/mol. The number of halogens is 1. The smallest absolute Gasteiger partial charge is 0.548 e. The number of rotatable bonds is 8. The number of carbonyl (C=O) groups excluding carboxylic acids is 2. The van der Waals surface area contributed by atoms with Gasteiger partial charge < -0.3 is 20.0 Å². The van der Waals surface area contributed by atoms with Crippen LogP contribution >= 0.6 is 22.9 Å². The summed E-state index contributed by atoms with van der Waals surface area (Å²) in [6.07, 6.45) is 0.284. The fourth-order valence-corrected chi connectivity index (χ4v) is 2.74. The molecule has 1 aromatic carbocycles. The molecule has 0 radical (unpaired) electrons. The average molecular weight is 391 g/mol. The molecule has 1 amide bonds. The first-order valence-electron chi connectivity index (χ1n) is 7.29. The molecular weight excluding hydrogens is 375 g/mol. The second-order valence-corrected chi connectivity index (χ2v) is 6.38. The average Bonchev–Trinajstić information content (AvgIpc) is 2.99. The maximum absolute atomic E-state index is 11.8. The number of carbonyl (C=O) groups is 2. The van der Waals surface area contributed by atoms with Crippen LogP contribution in [0.25, 0.3) is 0 Å². The summed E-state index contributed by atoms with van der Waals surface area (Å²) < 4.78 is 5.58. The molecule has 0 spiro atoms. The van der Waals surface area contributed by atoms with Crippen LogP contribution in [0, 0.1) is 0 Å². The van der Waals surface area contributed by atoms with E-state index in [4.69, 9.17) is 16.3 Å². The molecule has 2 rings (SSSR count). The van der Waals surface area contributed by atoms with Gasteiger partial charge in [0.25, 0.3) is 0 Å². The maximum atomic E-state index is 11.8. The topological polar surface area (TPSA) is 91.3 Å². The number of hydrogen-bond acceptors (Lipinski definition) is 6. The number of aliphatic carboxylic acids is 1. The van der Waals surface area contributed by atoms with Gasteiger partial charge in [-0.2, -0.15) is 0 Å². The van der Waals surface area contributed by atoms with E-state index in [1.807, 2.05) is 0 Å². The summed E-state index contributed by atoms with van der Waals surface area (Å²) >= 11 is 7.18. The second kappa shape index (κ2) is 10.8. The molecule has 0 saturated carbocycles. The zero-order chi connectivity index (χ0) is 17.5. The fourth-order valence-electron chi connectivity index (χ4n) is 1.91. The molecule has 2 aromatic rings. The van der Waals surface area contributed by atoms with Crippen LogP contribution in [0.15, 0.2) is 29.6 Å². The van der Waals surface area contributed by atoms with Crippen molar-refractivity contribution in [3.05, 3.63) is 45.4 Å². The molecule has 128 valence electrons. The van der Waals surface area contributed by atoms with Crippen molar-refractivity contribution in [2.45, 2.75) is 32.4 Å². The van der Waals surface area contributed by atoms with Crippen molar-refractivity contribution < 1.29 is 49.0 Å². The summed E-state index contributed by atoms with van der Waals surface area (Å²) in [5, 5.41) is 16.3. The normalized spacial score (nSPS) is 11.3. The van der Waals surface area contributed by atoms with E-state index in [1.165, 1.54) is 11.3 Å². The van der Waals surface area contributed by atoms with Crippen LogP contribution in [-0.2, 0) is 22.6 Å². The zero-order valence-corrected chi connectivity index (χ0v) is 17.5. The summed E-state index contributed by atoms with van der Waals surface area (Å²) in [5.74, 6) is -1.02. The van der Waals surface area contributed by atoms with E-state index >= 15 is 0 Å². The summed E-state index contributed by atoms with van der Waals surface area (Å²) in [6.45, 7) is 1.94. The molecule has 6 nitrogen and oxygen atoms in total. The van der Waals surface area contributed by atoms with Crippen LogP contribution in [0.3, 0.4) is 0 Å². The number of thiazole rings is 1. The maximum Gasteiger partial charge on any atom is 1.00 e. The van der Waals surface area contributed by atoms with Crippen LogP contribution < -0.4 is 44.7 Å². The first-order chi connectivity index (χ1) is 11.5. The number of carboxylic acid groups (broad SMARTS) is 1. The fraction of sp³-hybridized carbons (Fsp3) is 0.312. The van der Waals surface area contributed by atoms with E-state index in [-0.39, 0.29) is 49.0 Å². The van der Waals surface area contributed by atoms with Gasteiger partial charge in [0.15, 0.2) is 0 Å². The van der Waals surface area contributed by atoms with Gasteiger partial charge in [0.2, 0.25) is 5.91 Å².